The second-order valence-electron chi connectivity index (χ2n) is 9.45. The van der Waals surface area contributed by atoms with E-state index in [-0.39, 0.29) is 5.91 Å². The third-order valence-electron chi connectivity index (χ3n) is 6.69. The van der Waals surface area contributed by atoms with Crippen LogP contribution in [0.2, 0.25) is 0 Å². The molecule has 0 aliphatic carbocycles. The van der Waals surface area contributed by atoms with Gasteiger partial charge in [-0.25, -0.2) is 4.98 Å². The Labute approximate surface area is 226 Å². The number of nitrogens with zero attached hydrogens (tertiary/aromatic N) is 6. The molecule has 11 heteroatoms. The van der Waals surface area contributed by atoms with Crippen molar-refractivity contribution in [2.75, 3.05) is 5.32 Å². The summed E-state index contributed by atoms with van der Waals surface area (Å²) < 4.78 is 5.28. The van der Waals surface area contributed by atoms with Crippen LogP contribution >= 0.6 is 0 Å². The molecule has 0 radical (unpaired) electrons. The molecular formula is C28H34N8O3. The molecule has 3 heterocycles. The molecule has 0 saturated carbocycles. The maximum atomic E-state index is 13.6. The fraction of sp³-hybridized carbons (Fsp3) is 0.357. The molecular weight excluding hydrogens is 496 g/mol. The first-order chi connectivity index (χ1) is 18.8. The summed E-state index contributed by atoms with van der Waals surface area (Å²) >= 11 is 0. The van der Waals surface area contributed by atoms with Gasteiger partial charge in [-0.2, -0.15) is 10.2 Å². The number of nitrogens with one attached hydrogen (secondary N) is 1. The standard InChI is InChI=1S/C28H34N8O3/c1-5-13-34-24-12-11-20(26(29)38)16-23(24)30-28(34)31-27(39)25-22(19(4)33-35(25)6-2)10-8-7-9-14-36-21(17-37)15-18(3)32-36/h5,11-12,15-17H,1,6-10,13-14H2,2-4H3,(H2,29,38)(H,30,31,39). The van der Waals surface area contributed by atoms with Crippen LogP contribution in [0, 0.1) is 13.8 Å². The van der Waals surface area contributed by atoms with Crippen LogP contribution in [0.3, 0.4) is 0 Å². The number of primary amides is 1. The van der Waals surface area contributed by atoms with Crippen LogP contribution in [-0.4, -0.2) is 47.2 Å². The average molecular weight is 531 g/mol. The molecule has 0 unspecified atom stereocenters. The Kier molecular flexibility index (Phi) is 8.38. The number of hydrogen-bond acceptors (Lipinski definition) is 6. The number of fused-ring (bicyclic) bond motifs is 1. The molecule has 1 aromatic carbocycles. The number of aryl methyl sites for hydroxylation is 4. The minimum absolute atomic E-state index is 0.300. The summed E-state index contributed by atoms with van der Waals surface area (Å²) in [6, 6.07) is 6.79. The number of anilines is 1. The summed E-state index contributed by atoms with van der Waals surface area (Å²) in [7, 11) is 0. The van der Waals surface area contributed by atoms with Gasteiger partial charge in [0.2, 0.25) is 11.9 Å². The molecule has 0 atom stereocenters. The van der Waals surface area contributed by atoms with Crippen LogP contribution in [0.25, 0.3) is 11.0 Å². The molecule has 3 aromatic heterocycles. The first-order valence-corrected chi connectivity index (χ1v) is 13.1. The Hall–Kier alpha value is -4.54. The summed E-state index contributed by atoms with van der Waals surface area (Å²) in [5.74, 6) is -0.494. The van der Waals surface area contributed by atoms with Crippen molar-refractivity contribution in [3.63, 3.8) is 0 Å². The van der Waals surface area contributed by atoms with Crippen LogP contribution in [0.5, 0.6) is 0 Å². The van der Waals surface area contributed by atoms with Crippen molar-refractivity contribution in [1.29, 1.82) is 0 Å². The van der Waals surface area contributed by atoms with Crippen LogP contribution in [0.15, 0.2) is 36.9 Å². The van der Waals surface area contributed by atoms with E-state index in [0.717, 1.165) is 48.0 Å². The smallest absolute Gasteiger partial charge is 0.276 e. The second-order valence-corrected chi connectivity index (χ2v) is 9.45. The van der Waals surface area contributed by atoms with E-state index < -0.39 is 5.91 Å². The first kappa shape index (κ1) is 27.5. The zero-order valence-corrected chi connectivity index (χ0v) is 22.6. The maximum Gasteiger partial charge on any atom is 0.276 e. The third kappa shape index (κ3) is 5.82. The minimum Gasteiger partial charge on any atom is -0.366 e. The molecule has 3 N–H and O–H groups in total. The first-order valence-electron chi connectivity index (χ1n) is 13.1. The van der Waals surface area contributed by atoms with Crippen molar-refractivity contribution < 1.29 is 14.4 Å². The predicted molar refractivity (Wildman–Crippen MR) is 149 cm³/mol. The van der Waals surface area contributed by atoms with Crippen LogP contribution < -0.4 is 11.1 Å². The lowest BCUT2D eigenvalue weighted by molar-refractivity contribution is 0.0995. The predicted octanol–water partition coefficient (Wildman–Crippen LogP) is 3.83. The molecule has 0 spiro atoms. The van der Waals surface area contributed by atoms with Gasteiger partial charge in [0, 0.05) is 30.8 Å². The van der Waals surface area contributed by atoms with Gasteiger partial charge in [0.15, 0.2) is 6.29 Å². The lowest BCUT2D eigenvalue weighted by Crippen LogP contribution is -2.21. The summed E-state index contributed by atoms with van der Waals surface area (Å²) in [5.41, 5.74) is 10.7. The fourth-order valence-corrected chi connectivity index (χ4v) is 4.83. The van der Waals surface area contributed by atoms with Gasteiger partial charge in [-0.3, -0.25) is 29.1 Å². The second kappa shape index (κ2) is 11.9. The highest BCUT2D eigenvalue weighted by Gasteiger charge is 2.23. The summed E-state index contributed by atoms with van der Waals surface area (Å²) in [5, 5.41) is 11.9. The van der Waals surface area contributed by atoms with Gasteiger partial charge in [-0.05, 0) is 64.3 Å². The van der Waals surface area contributed by atoms with Crippen molar-refractivity contribution >= 4 is 35.1 Å². The van der Waals surface area contributed by atoms with Crippen LogP contribution in [0.4, 0.5) is 5.95 Å². The Bertz CT molecular complexity index is 1540. The van der Waals surface area contributed by atoms with Gasteiger partial charge >= 0.3 is 0 Å². The van der Waals surface area contributed by atoms with Gasteiger partial charge in [0.05, 0.1) is 22.4 Å². The highest BCUT2D eigenvalue weighted by molar-refractivity contribution is 6.04. The van der Waals surface area contributed by atoms with E-state index >= 15 is 0 Å². The van der Waals surface area contributed by atoms with Crippen molar-refractivity contribution in [3.8, 4) is 0 Å². The number of hydrogen-bond donors (Lipinski definition) is 2. The largest absolute Gasteiger partial charge is 0.366 e. The molecule has 0 saturated heterocycles. The van der Waals surface area contributed by atoms with Crippen molar-refractivity contribution in [1.82, 2.24) is 29.1 Å². The molecule has 4 aromatic rings. The Balaban J connectivity index is 1.51. The van der Waals surface area contributed by atoms with Crippen molar-refractivity contribution in [2.45, 2.75) is 66.1 Å². The molecule has 0 bridgehead atoms. The summed E-state index contributed by atoms with van der Waals surface area (Å²) in [4.78, 5) is 41.1. The molecule has 4 rings (SSSR count). The third-order valence-corrected chi connectivity index (χ3v) is 6.69. The van der Waals surface area contributed by atoms with E-state index in [0.29, 0.717) is 54.5 Å². The van der Waals surface area contributed by atoms with Crippen LogP contribution in [-0.2, 0) is 26.1 Å². The van der Waals surface area contributed by atoms with Gasteiger partial charge in [-0.15, -0.1) is 6.58 Å². The molecule has 39 heavy (non-hydrogen) atoms. The number of aromatic nitrogens is 6. The van der Waals surface area contributed by atoms with E-state index in [2.05, 4.69) is 27.1 Å². The molecule has 11 nitrogen and oxygen atoms in total. The van der Waals surface area contributed by atoms with Crippen molar-refractivity contribution in [2.24, 2.45) is 5.73 Å². The van der Waals surface area contributed by atoms with Crippen LogP contribution in [0.1, 0.15) is 74.5 Å². The number of carbonyl (C=O) groups excluding carboxylic acids is 3. The van der Waals surface area contributed by atoms with E-state index in [1.54, 1.807) is 39.7 Å². The number of carbonyl (C=O) groups is 3. The highest BCUT2D eigenvalue weighted by atomic mass is 16.2. The molecule has 0 aliphatic rings. The summed E-state index contributed by atoms with van der Waals surface area (Å²) in [6.45, 7) is 11.2. The number of allylic oxidation sites excluding steroid dienone is 1. The molecule has 0 fully saturated rings. The quantitative estimate of drug-likeness (QED) is 0.153. The van der Waals surface area contributed by atoms with E-state index in [1.807, 2.05) is 25.3 Å². The van der Waals surface area contributed by atoms with Gasteiger partial charge in [0.1, 0.15) is 11.4 Å². The topological polar surface area (TPSA) is 143 Å². The molecule has 204 valence electrons. The molecule has 2 amide bonds. The Morgan fingerprint density at radius 1 is 1.10 bits per heavy atom. The number of imidazole rings is 1. The van der Waals surface area contributed by atoms with E-state index in [4.69, 9.17) is 5.73 Å². The number of unbranched alkanes of at least 4 members (excludes halogenated alkanes) is 2. The average Bonchev–Trinajstić information content (AvgIpc) is 3.55. The SMILES string of the molecule is C=CCn1c(NC(=O)c2c(CCCCCn3nc(C)cc3C=O)c(C)nn2CC)nc2cc(C(N)=O)ccc21. The lowest BCUT2D eigenvalue weighted by atomic mass is 10.0. The summed E-state index contributed by atoms with van der Waals surface area (Å²) in [6.07, 6.45) is 5.87. The van der Waals surface area contributed by atoms with E-state index in [9.17, 15) is 14.4 Å². The monoisotopic (exact) mass is 530 g/mol. The zero-order valence-electron chi connectivity index (χ0n) is 22.6. The molecule has 0 aliphatic heterocycles. The van der Waals surface area contributed by atoms with Gasteiger partial charge in [-0.1, -0.05) is 12.5 Å². The van der Waals surface area contributed by atoms with Gasteiger partial charge < -0.3 is 10.3 Å². The number of nitrogens with two attached hydrogens (primary N) is 1. The Morgan fingerprint density at radius 3 is 2.59 bits per heavy atom. The van der Waals surface area contributed by atoms with Crippen molar-refractivity contribution in [3.05, 3.63) is 70.8 Å². The van der Waals surface area contributed by atoms with E-state index in [1.165, 1.54) is 0 Å². The number of amides is 2. The fourth-order valence-electron chi connectivity index (χ4n) is 4.83. The lowest BCUT2D eigenvalue weighted by Gasteiger charge is -2.11. The Morgan fingerprint density at radius 2 is 1.90 bits per heavy atom. The maximum absolute atomic E-state index is 13.6. The number of aldehydes is 1. The zero-order chi connectivity index (χ0) is 28.1. The normalized spacial score (nSPS) is 11.2. The highest BCUT2D eigenvalue weighted by Crippen LogP contribution is 2.24. The van der Waals surface area contributed by atoms with Gasteiger partial charge in [0.25, 0.3) is 5.91 Å². The minimum atomic E-state index is -0.545. The number of benzene rings is 1. The number of rotatable bonds is 13.